The molecular weight excluding hydrogens is 282 g/mol. The first-order valence-electron chi connectivity index (χ1n) is 7.23. The van der Waals surface area contributed by atoms with Gasteiger partial charge in [-0.15, -0.1) is 0 Å². The van der Waals surface area contributed by atoms with Crippen LogP contribution in [0.1, 0.15) is 30.0 Å². The smallest absolute Gasteiger partial charge is 0.206 e. The summed E-state index contributed by atoms with van der Waals surface area (Å²) in [4.78, 5) is 0.745. The molecule has 3 nitrogen and oxygen atoms in total. The summed E-state index contributed by atoms with van der Waals surface area (Å²) in [6.45, 7) is 0. The van der Waals surface area contributed by atoms with Crippen molar-refractivity contribution in [2.24, 2.45) is 0 Å². The highest BCUT2D eigenvalue weighted by atomic mass is 32.2. The number of aryl methyl sites for hydroxylation is 1. The van der Waals surface area contributed by atoms with Gasteiger partial charge in [-0.3, -0.25) is 0 Å². The van der Waals surface area contributed by atoms with Gasteiger partial charge in [-0.05, 0) is 61.7 Å². The highest BCUT2D eigenvalue weighted by Crippen LogP contribution is 2.32. The van der Waals surface area contributed by atoms with E-state index >= 15 is 0 Å². The molecule has 21 heavy (non-hydrogen) atoms. The van der Waals surface area contributed by atoms with Gasteiger partial charge in [-0.1, -0.05) is 24.3 Å². The Morgan fingerprint density at radius 3 is 2.52 bits per heavy atom. The van der Waals surface area contributed by atoms with Gasteiger partial charge in [-0.2, -0.15) is 0 Å². The number of hydrogen-bond donors (Lipinski definition) is 1. The SMILES string of the molecule is CNC1CCCc2cc(S(=O)(=O)c3ccccc3)ccc21. The summed E-state index contributed by atoms with van der Waals surface area (Å²) in [5.74, 6) is 0. The van der Waals surface area contributed by atoms with Crippen molar-refractivity contribution in [3.8, 4) is 0 Å². The third-order valence-electron chi connectivity index (χ3n) is 4.14. The molecule has 0 aromatic heterocycles. The van der Waals surface area contributed by atoms with E-state index in [1.807, 2.05) is 25.2 Å². The topological polar surface area (TPSA) is 46.2 Å². The van der Waals surface area contributed by atoms with Crippen molar-refractivity contribution in [3.63, 3.8) is 0 Å². The maximum Gasteiger partial charge on any atom is 0.206 e. The molecule has 0 heterocycles. The van der Waals surface area contributed by atoms with Gasteiger partial charge >= 0.3 is 0 Å². The van der Waals surface area contributed by atoms with Gasteiger partial charge in [-0.25, -0.2) is 8.42 Å². The van der Waals surface area contributed by atoms with E-state index in [4.69, 9.17) is 0 Å². The van der Waals surface area contributed by atoms with Crippen LogP contribution in [0.2, 0.25) is 0 Å². The van der Waals surface area contributed by atoms with E-state index in [-0.39, 0.29) is 0 Å². The highest BCUT2D eigenvalue weighted by Gasteiger charge is 2.23. The molecule has 4 heteroatoms. The van der Waals surface area contributed by atoms with Crippen LogP contribution in [0.3, 0.4) is 0 Å². The van der Waals surface area contributed by atoms with Gasteiger partial charge in [0.1, 0.15) is 0 Å². The normalized spacial score (nSPS) is 18.2. The third-order valence-corrected chi connectivity index (χ3v) is 5.91. The van der Waals surface area contributed by atoms with Gasteiger partial charge in [0.2, 0.25) is 9.84 Å². The summed E-state index contributed by atoms with van der Waals surface area (Å²) < 4.78 is 25.3. The van der Waals surface area contributed by atoms with Crippen LogP contribution in [0.5, 0.6) is 0 Å². The zero-order chi connectivity index (χ0) is 14.9. The first-order valence-corrected chi connectivity index (χ1v) is 8.71. The second-order valence-corrected chi connectivity index (χ2v) is 7.36. The predicted octanol–water partition coefficient (Wildman–Crippen LogP) is 3.12. The van der Waals surface area contributed by atoms with E-state index in [1.54, 1.807) is 30.3 Å². The van der Waals surface area contributed by atoms with E-state index in [0.717, 1.165) is 24.8 Å². The molecule has 0 amide bonds. The van der Waals surface area contributed by atoms with Gasteiger partial charge < -0.3 is 5.32 Å². The largest absolute Gasteiger partial charge is 0.313 e. The van der Waals surface area contributed by atoms with Gasteiger partial charge in [0.05, 0.1) is 9.79 Å². The Morgan fingerprint density at radius 1 is 1.05 bits per heavy atom. The minimum atomic E-state index is -3.42. The second kappa shape index (κ2) is 5.62. The summed E-state index contributed by atoms with van der Waals surface area (Å²) in [6, 6.07) is 14.5. The number of nitrogens with one attached hydrogen (secondary N) is 1. The molecule has 0 bridgehead atoms. The van der Waals surface area contributed by atoms with Crippen LogP contribution in [-0.2, 0) is 16.3 Å². The second-order valence-electron chi connectivity index (χ2n) is 5.41. The lowest BCUT2D eigenvalue weighted by Gasteiger charge is -2.25. The quantitative estimate of drug-likeness (QED) is 0.947. The molecule has 0 radical (unpaired) electrons. The minimum absolute atomic E-state index is 0.335. The van der Waals surface area contributed by atoms with Gasteiger partial charge in [0.15, 0.2) is 0 Å². The van der Waals surface area contributed by atoms with Crippen molar-refractivity contribution in [1.29, 1.82) is 0 Å². The monoisotopic (exact) mass is 301 g/mol. The fourth-order valence-corrected chi connectivity index (χ4v) is 4.33. The van der Waals surface area contributed by atoms with E-state index in [0.29, 0.717) is 15.8 Å². The fourth-order valence-electron chi connectivity index (χ4n) is 2.99. The molecule has 1 unspecified atom stereocenters. The van der Waals surface area contributed by atoms with E-state index in [1.165, 1.54) is 5.56 Å². The molecule has 1 aliphatic carbocycles. The van der Waals surface area contributed by atoms with Crippen LogP contribution in [-0.4, -0.2) is 15.5 Å². The highest BCUT2D eigenvalue weighted by molar-refractivity contribution is 7.91. The van der Waals surface area contributed by atoms with Crippen molar-refractivity contribution < 1.29 is 8.42 Å². The van der Waals surface area contributed by atoms with E-state index in [2.05, 4.69) is 5.32 Å². The molecule has 1 aliphatic rings. The third kappa shape index (κ3) is 2.61. The average Bonchev–Trinajstić information content (AvgIpc) is 2.54. The van der Waals surface area contributed by atoms with Crippen LogP contribution in [0.25, 0.3) is 0 Å². The Balaban J connectivity index is 2.05. The van der Waals surface area contributed by atoms with E-state index < -0.39 is 9.84 Å². The van der Waals surface area contributed by atoms with Crippen molar-refractivity contribution in [2.45, 2.75) is 35.1 Å². The molecule has 2 aromatic carbocycles. The Bertz CT molecular complexity index is 739. The first kappa shape index (κ1) is 14.3. The number of benzene rings is 2. The van der Waals surface area contributed by atoms with Crippen LogP contribution in [0, 0.1) is 0 Å². The summed E-state index contributed by atoms with van der Waals surface area (Å²) in [6.07, 6.45) is 3.15. The molecule has 1 N–H and O–H groups in total. The molecule has 0 saturated carbocycles. The summed E-state index contributed by atoms with van der Waals surface area (Å²) in [5, 5.41) is 3.30. The Kier molecular flexibility index (Phi) is 3.83. The van der Waals surface area contributed by atoms with Crippen molar-refractivity contribution in [2.75, 3.05) is 7.05 Å². The van der Waals surface area contributed by atoms with Crippen LogP contribution < -0.4 is 5.32 Å². The Labute approximate surface area is 125 Å². The number of hydrogen-bond acceptors (Lipinski definition) is 3. The molecule has 0 spiro atoms. The maximum atomic E-state index is 12.7. The summed E-state index contributed by atoms with van der Waals surface area (Å²) in [7, 11) is -1.46. The minimum Gasteiger partial charge on any atom is -0.313 e. The zero-order valence-corrected chi connectivity index (χ0v) is 12.9. The van der Waals surface area contributed by atoms with Crippen LogP contribution in [0.15, 0.2) is 58.3 Å². The number of rotatable bonds is 3. The first-order chi connectivity index (χ1) is 10.1. The van der Waals surface area contributed by atoms with Crippen molar-refractivity contribution in [3.05, 3.63) is 59.7 Å². The Morgan fingerprint density at radius 2 is 1.81 bits per heavy atom. The predicted molar refractivity (Wildman–Crippen MR) is 83.1 cm³/mol. The lowest BCUT2D eigenvalue weighted by molar-refractivity contribution is 0.495. The van der Waals surface area contributed by atoms with Crippen molar-refractivity contribution >= 4 is 9.84 Å². The molecule has 0 aliphatic heterocycles. The van der Waals surface area contributed by atoms with Crippen molar-refractivity contribution in [1.82, 2.24) is 5.32 Å². The van der Waals surface area contributed by atoms with Crippen LogP contribution in [0.4, 0.5) is 0 Å². The zero-order valence-electron chi connectivity index (χ0n) is 12.0. The standard InChI is InChI=1S/C17H19NO2S/c1-18-17-9-5-6-13-12-15(10-11-16(13)17)21(19,20)14-7-3-2-4-8-14/h2-4,7-8,10-12,17-18H,5-6,9H2,1H3. The van der Waals surface area contributed by atoms with E-state index in [9.17, 15) is 8.42 Å². The lowest BCUT2D eigenvalue weighted by Crippen LogP contribution is -2.21. The Hall–Kier alpha value is -1.65. The number of fused-ring (bicyclic) bond motifs is 1. The summed E-state index contributed by atoms with van der Waals surface area (Å²) in [5.41, 5.74) is 2.38. The van der Waals surface area contributed by atoms with Gasteiger partial charge in [0.25, 0.3) is 0 Å². The molecule has 2 aromatic rings. The molecule has 0 saturated heterocycles. The molecule has 0 fully saturated rings. The summed E-state index contributed by atoms with van der Waals surface area (Å²) >= 11 is 0. The van der Waals surface area contributed by atoms with Crippen LogP contribution >= 0.6 is 0 Å². The van der Waals surface area contributed by atoms with Gasteiger partial charge in [0, 0.05) is 6.04 Å². The lowest BCUT2D eigenvalue weighted by atomic mass is 9.88. The molecule has 3 rings (SSSR count). The fraction of sp³-hybridized carbons (Fsp3) is 0.294. The molecular formula is C17H19NO2S. The number of sulfone groups is 1. The maximum absolute atomic E-state index is 12.7. The molecule has 1 atom stereocenters. The average molecular weight is 301 g/mol. The molecule has 110 valence electrons.